The number of H-pyrrole nitrogens is 1. The van der Waals surface area contributed by atoms with Crippen molar-refractivity contribution in [1.82, 2.24) is 4.98 Å². The third-order valence-electron chi connectivity index (χ3n) is 7.83. The first-order valence-corrected chi connectivity index (χ1v) is 18.0. The first-order valence-electron chi connectivity index (χ1n) is 14.4. The third-order valence-corrected chi connectivity index (χ3v) is 9.46. The van der Waals surface area contributed by atoms with Crippen molar-refractivity contribution in [3.8, 4) is 22.5 Å². The van der Waals surface area contributed by atoms with Crippen molar-refractivity contribution < 1.29 is 61.4 Å². The number of alkyl halides is 6. The summed E-state index contributed by atoms with van der Waals surface area (Å²) in [6.07, 6.45) is 13.2. The van der Waals surface area contributed by atoms with E-state index in [-0.39, 0.29) is 0 Å². The zero-order valence-corrected chi connectivity index (χ0v) is 28.5. The predicted octanol–water partition coefficient (Wildman–Crippen LogP) is 6.22. The van der Waals surface area contributed by atoms with E-state index in [1.807, 2.05) is 0 Å². The summed E-state index contributed by atoms with van der Waals surface area (Å²) in [6.45, 7) is 2.07. The van der Waals surface area contributed by atoms with Crippen LogP contribution in [0.2, 0.25) is 0 Å². The molecule has 0 aliphatic carbocycles. The molecule has 0 fully saturated rings. The molecule has 0 bridgehead atoms. The number of nitrogens with zero attached hydrogens (tertiary/aromatic N) is 2. The molecule has 1 N–H and O–H groups in total. The summed E-state index contributed by atoms with van der Waals surface area (Å²) in [7, 11) is -12.2. The lowest BCUT2D eigenvalue weighted by molar-refractivity contribution is -0.689. The fourth-order valence-corrected chi connectivity index (χ4v) is 5.93. The van der Waals surface area contributed by atoms with Crippen LogP contribution < -0.4 is 9.13 Å². The average Bonchev–Trinajstić information content (AvgIpc) is 3.43. The molecule has 2 aromatic carbocycles. The Morgan fingerprint density at radius 3 is 1.86 bits per heavy atom. The maximum absolute atomic E-state index is 10.7. The molecule has 5 aromatic rings. The monoisotopic (exact) mass is 803 g/mol. The van der Waals surface area contributed by atoms with Crippen molar-refractivity contribution >= 4 is 59.2 Å². The smallest absolute Gasteiger partial charge is 0.485 e. The van der Waals surface area contributed by atoms with Gasteiger partial charge < -0.3 is 14.1 Å². The van der Waals surface area contributed by atoms with Crippen molar-refractivity contribution in [2.24, 2.45) is 0 Å². The molecular weight excluding hydrogens is 780 g/mol. The molecule has 7 rings (SSSR count). The maximum Gasteiger partial charge on any atom is 0.485 e. The van der Waals surface area contributed by atoms with Gasteiger partial charge in [0.25, 0.3) is 0 Å². The van der Waals surface area contributed by atoms with Gasteiger partial charge >= 0.3 is 11.0 Å². The molecule has 0 amide bonds. The number of halogens is 7. The van der Waals surface area contributed by atoms with Crippen LogP contribution in [0, 0.1) is 0 Å². The molecular formula is C32H24BrF6N3O6S2. The molecule has 2 aliphatic heterocycles. The third kappa shape index (κ3) is 8.10. The van der Waals surface area contributed by atoms with Crippen LogP contribution in [-0.2, 0) is 46.2 Å². The number of aromatic amines is 1. The minimum absolute atomic E-state index is 1.02. The van der Waals surface area contributed by atoms with E-state index in [0.717, 1.165) is 35.9 Å². The van der Waals surface area contributed by atoms with Gasteiger partial charge in [-0.15, -0.1) is 0 Å². The molecule has 0 unspecified atom stereocenters. The summed E-state index contributed by atoms with van der Waals surface area (Å²) >= 11 is 3.60. The maximum atomic E-state index is 10.7. The number of benzene rings is 2. The Balaban J connectivity index is 0.000000255. The first-order chi connectivity index (χ1) is 23.2. The standard InChI is InChI=1S/C30H23BrN3.2CHF3O3S/c31-24-8-9-26-25(18-24)23(19-32-26)5-4-20-10-14-34-16-12-22-7-6-21-11-15-33-13-2-1-3-27(33)29(21)30(22)28(34)17-20;2*2-1(3,4)8(5,6)7/h1-10,13-14,17-19H,11-12,15-16H2;2*(H,5,6,7)/q+1;;/p-1. The minimum atomic E-state index is -6.09. The zero-order valence-electron chi connectivity index (χ0n) is 25.3. The van der Waals surface area contributed by atoms with Gasteiger partial charge in [-0.25, -0.2) is 16.8 Å². The number of hydrogen-bond donors (Lipinski definition) is 1. The Bertz CT molecular complexity index is 2300. The van der Waals surface area contributed by atoms with E-state index in [1.165, 1.54) is 50.2 Å². The molecule has 9 nitrogen and oxygen atoms in total. The van der Waals surface area contributed by atoms with Gasteiger partial charge in [-0.1, -0.05) is 40.2 Å². The highest BCUT2D eigenvalue weighted by Crippen LogP contribution is 2.39. The number of aryl methyl sites for hydroxylation is 4. The van der Waals surface area contributed by atoms with Crippen molar-refractivity contribution in [3.63, 3.8) is 0 Å². The summed E-state index contributed by atoms with van der Waals surface area (Å²) in [4.78, 5) is 3.38. The van der Waals surface area contributed by atoms with E-state index in [9.17, 15) is 26.3 Å². The fourth-order valence-electron chi connectivity index (χ4n) is 5.57. The van der Waals surface area contributed by atoms with E-state index >= 15 is 0 Å². The predicted molar refractivity (Wildman–Crippen MR) is 172 cm³/mol. The summed E-state index contributed by atoms with van der Waals surface area (Å²) in [5.74, 6) is 0. The van der Waals surface area contributed by atoms with Crippen LogP contribution in [0.3, 0.4) is 0 Å². The van der Waals surface area contributed by atoms with Gasteiger partial charge in [0.05, 0.1) is 11.1 Å². The Hall–Kier alpha value is -4.10. The average molecular weight is 805 g/mol. The SMILES string of the molecule is Brc1ccc2[nH]cc(/C=C/c3cc[n+]4c(c3)-c3c(ccc5c3-c3cccc[n+]3CC5)CC4)c2c1.O=S(=O)([O-])C(F)(F)F.O=S(=O)([O-])C(F)(F)F. The molecule has 50 heavy (non-hydrogen) atoms. The molecule has 3 aromatic heterocycles. The van der Waals surface area contributed by atoms with Crippen LogP contribution in [0.4, 0.5) is 26.3 Å². The minimum Gasteiger partial charge on any atom is -0.741 e. The van der Waals surface area contributed by atoms with Gasteiger partial charge in [-0.05, 0) is 46.5 Å². The fraction of sp³-hybridized carbons (Fsp3) is 0.188. The van der Waals surface area contributed by atoms with Gasteiger partial charge in [-0.3, -0.25) is 0 Å². The largest absolute Gasteiger partial charge is 0.741 e. The summed E-state index contributed by atoms with van der Waals surface area (Å²) in [6, 6.07) is 22.2. The highest BCUT2D eigenvalue weighted by molar-refractivity contribution is 9.10. The van der Waals surface area contributed by atoms with Crippen molar-refractivity contribution in [2.45, 2.75) is 36.9 Å². The topological polar surface area (TPSA) is 138 Å². The lowest BCUT2D eigenvalue weighted by atomic mass is 9.85. The molecule has 0 atom stereocenters. The Labute approximate surface area is 290 Å². The van der Waals surface area contributed by atoms with Gasteiger partial charge in [0, 0.05) is 58.7 Å². The van der Waals surface area contributed by atoms with Gasteiger partial charge in [0.1, 0.15) is 0 Å². The van der Waals surface area contributed by atoms with Gasteiger partial charge in [0.15, 0.2) is 45.7 Å². The van der Waals surface area contributed by atoms with Crippen LogP contribution in [0.15, 0.2) is 83.7 Å². The van der Waals surface area contributed by atoms with Crippen LogP contribution >= 0.6 is 15.9 Å². The lowest BCUT2D eigenvalue weighted by Crippen LogP contribution is -2.43. The van der Waals surface area contributed by atoms with E-state index in [2.05, 4.69) is 121 Å². The summed E-state index contributed by atoms with van der Waals surface area (Å²) in [5.41, 5.74) is 0.680. The van der Waals surface area contributed by atoms with Gasteiger partial charge in [-0.2, -0.15) is 35.5 Å². The van der Waals surface area contributed by atoms with E-state index in [0.29, 0.717) is 0 Å². The normalized spacial score (nSPS) is 14.0. The second-order valence-electron chi connectivity index (χ2n) is 11.0. The van der Waals surface area contributed by atoms with Crippen molar-refractivity contribution in [1.29, 1.82) is 0 Å². The molecule has 0 saturated carbocycles. The molecule has 18 heteroatoms. The number of rotatable bonds is 2. The van der Waals surface area contributed by atoms with Gasteiger partial charge in [0.2, 0.25) is 11.4 Å². The van der Waals surface area contributed by atoms with Crippen molar-refractivity contribution in [2.75, 3.05) is 0 Å². The molecule has 2 aliphatic rings. The van der Waals surface area contributed by atoms with Crippen LogP contribution in [-0.4, -0.2) is 41.9 Å². The number of hydrogen-bond acceptors (Lipinski definition) is 6. The Morgan fingerprint density at radius 2 is 1.28 bits per heavy atom. The molecule has 0 saturated heterocycles. The highest BCUT2D eigenvalue weighted by Gasteiger charge is 2.38. The molecule has 0 spiro atoms. The van der Waals surface area contributed by atoms with Crippen molar-refractivity contribution in [3.05, 3.63) is 106 Å². The highest BCUT2D eigenvalue weighted by atomic mass is 79.9. The summed E-state index contributed by atoms with van der Waals surface area (Å²) in [5, 5.41) is 1.23. The quantitative estimate of drug-likeness (QED) is 0.0974. The molecule has 0 radical (unpaired) electrons. The van der Waals surface area contributed by atoms with E-state index in [4.69, 9.17) is 25.9 Å². The Morgan fingerprint density at radius 1 is 0.720 bits per heavy atom. The molecule has 5 heterocycles. The summed E-state index contributed by atoms with van der Waals surface area (Å²) < 4.78 is 124. The van der Waals surface area contributed by atoms with E-state index < -0.39 is 31.3 Å². The second-order valence-corrected chi connectivity index (χ2v) is 14.7. The zero-order chi connectivity index (χ0) is 36.6. The number of pyridine rings is 2. The van der Waals surface area contributed by atoms with Crippen LogP contribution in [0.1, 0.15) is 22.3 Å². The van der Waals surface area contributed by atoms with Crippen LogP contribution in [0.25, 0.3) is 45.6 Å². The number of aromatic nitrogens is 3. The van der Waals surface area contributed by atoms with E-state index in [1.54, 1.807) is 0 Å². The first kappa shape index (κ1) is 37.2. The Kier molecular flexibility index (Phi) is 10.3. The second kappa shape index (κ2) is 13.9. The number of fused-ring (bicyclic) bond motifs is 8. The lowest BCUT2D eigenvalue weighted by Gasteiger charge is -2.22. The molecule has 264 valence electrons. The van der Waals surface area contributed by atoms with Crippen LogP contribution in [0.5, 0.6) is 0 Å². The number of nitrogens with one attached hydrogen (secondary N) is 1.